The third-order valence-electron chi connectivity index (χ3n) is 6.02. The summed E-state index contributed by atoms with van der Waals surface area (Å²) in [6.07, 6.45) is 0. The van der Waals surface area contributed by atoms with E-state index in [1.165, 1.54) is 30.5 Å². The van der Waals surface area contributed by atoms with Gasteiger partial charge in [-0.15, -0.1) is 11.3 Å². The Morgan fingerprint density at radius 3 is 2.59 bits per heavy atom. The number of carbonyl (C=O) groups is 2. The second-order valence-corrected chi connectivity index (χ2v) is 9.11. The number of hydrogen-bond donors (Lipinski definition) is 1. The number of nitrogens with zero attached hydrogens (tertiary/aromatic N) is 2. The van der Waals surface area contributed by atoms with Crippen LogP contribution in [0.25, 0.3) is 11.0 Å². The van der Waals surface area contributed by atoms with Gasteiger partial charge >= 0.3 is 0 Å². The summed E-state index contributed by atoms with van der Waals surface area (Å²) >= 11 is 1.24. The maximum Gasteiger partial charge on any atom is 0.296 e. The van der Waals surface area contributed by atoms with Gasteiger partial charge in [-0.3, -0.25) is 14.5 Å². The lowest BCUT2D eigenvalue weighted by Gasteiger charge is -2.25. The fourth-order valence-electron chi connectivity index (χ4n) is 4.37. The van der Waals surface area contributed by atoms with Gasteiger partial charge in [0.2, 0.25) is 5.78 Å². The second kappa shape index (κ2) is 9.62. The molecule has 9 nitrogen and oxygen atoms in total. The third kappa shape index (κ3) is 4.09. The lowest BCUT2D eigenvalue weighted by molar-refractivity contribution is -0.117. The third-order valence-corrected chi connectivity index (χ3v) is 6.98. The van der Waals surface area contributed by atoms with Crippen molar-refractivity contribution in [1.29, 1.82) is 0 Å². The minimum absolute atomic E-state index is 0.0334. The van der Waals surface area contributed by atoms with Gasteiger partial charge in [0.25, 0.3) is 5.91 Å². The predicted octanol–water partition coefficient (Wildman–Crippen LogP) is 5.40. The van der Waals surface area contributed by atoms with Crippen LogP contribution in [0, 0.1) is 6.92 Å². The number of rotatable bonds is 8. The number of benzene rings is 2. The van der Waals surface area contributed by atoms with E-state index in [2.05, 4.69) is 4.98 Å². The first-order valence-electron chi connectivity index (χ1n) is 11.5. The highest BCUT2D eigenvalue weighted by Gasteiger charge is 2.46. The van der Waals surface area contributed by atoms with Crippen molar-refractivity contribution in [3.05, 3.63) is 76.2 Å². The normalized spacial score (nSPS) is 15.5. The first-order chi connectivity index (χ1) is 17.9. The highest BCUT2D eigenvalue weighted by molar-refractivity contribution is 7.14. The number of thiazole rings is 1. The predicted molar refractivity (Wildman–Crippen MR) is 138 cm³/mol. The summed E-state index contributed by atoms with van der Waals surface area (Å²) in [5, 5.41) is 13.8. The van der Waals surface area contributed by atoms with Gasteiger partial charge in [-0.2, -0.15) is 0 Å². The Balaban J connectivity index is 1.66. The number of ketones is 1. The molecule has 1 N–H and O–H groups in total. The molecule has 10 heteroatoms. The number of amides is 1. The maximum atomic E-state index is 13.9. The van der Waals surface area contributed by atoms with Gasteiger partial charge in [0.15, 0.2) is 39.5 Å². The average molecular weight is 521 g/mol. The highest BCUT2D eigenvalue weighted by Crippen LogP contribution is 2.45. The first-order valence-corrected chi connectivity index (χ1v) is 12.4. The molecule has 0 fully saturated rings. The molecular formula is C27H24N2O7S. The molecule has 0 aliphatic carbocycles. The number of furan rings is 1. The van der Waals surface area contributed by atoms with Crippen LogP contribution in [-0.2, 0) is 4.79 Å². The van der Waals surface area contributed by atoms with Gasteiger partial charge in [0.1, 0.15) is 0 Å². The number of carbonyl (C=O) groups excluding carboxylic acids is 2. The minimum Gasteiger partial charge on any atom is -0.503 e. The summed E-state index contributed by atoms with van der Waals surface area (Å²) in [5.74, 6) is -0.655. The molecule has 3 heterocycles. The van der Waals surface area contributed by atoms with Crippen molar-refractivity contribution in [1.82, 2.24) is 4.98 Å². The Morgan fingerprint density at radius 1 is 1.14 bits per heavy atom. The van der Waals surface area contributed by atoms with E-state index in [0.717, 1.165) is 0 Å². The molecule has 1 amide bonds. The zero-order valence-corrected chi connectivity index (χ0v) is 21.4. The summed E-state index contributed by atoms with van der Waals surface area (Å²) in [7, 11) is 3.01. The topological polar surface area (TPSA) is 111 Å². The van der Waals surface area contributed by atoms with Gasteiger partial charge in [0.05, 0.1) is 38.1 Å². The van der Waals surface area contributed by atoms with Gasteiger partial charge in [0, 0.05) is 10.8 Å². The van der Waals surface area contributed by atoms with Crippen LogP contribution >= 0.6 is 11.3 Å². The largest absolute Gasteiger partial charge is 0.503 e. The zero-order valence-electron chi connectivity index (χ0n) is 20.6. The summed E-state index contributed by atoms with van der Waals surface area (Å²) in [6.45, 7) is 4.09. The van der Waals surface area contributed by atoms with Crippen molar-refractivity contribution in [2.75, 3.05) is 25.7 Å². The van der Waals surface area contributed by atoms with Crippen molar-refractivity contribution in [3.63, 3.8) is 0 Å². The number of aliphatic hydroxyl groups is 1. The lowest BCUT2D eigenvalue weighted by atomic mass is 9.95. The van der Waals surface area contributed by atoms with E-state index in [0.29, 0.717) is 51.2 Å². The van der Waals surface area contributed by atoms with Gasteiger partial charge in [-0.05, 0) is 43.7 Å². The first kappa shape index (κ1) is 24.4. The van der Waals surface area contributed by atoms with Crippen LogP contribution in [0.3, 0.4) is 0 Å². The quantitative estimate of drug-likeness (QED) is 0.308. The Kier molecular flexibility index (Phi) is 6.34. The van der Waals surface area contributed by atoms with E-state index < -0.39 is 23.5 Å². The molecule has 0 bridgehead atoms. The molecule has 0 radical (unpaired) electrons. The number of aryl methyl sites for hydroxylation is 1. The number of aliphatic hydroxyl groups excluding tert-OH is 1. The Morgan fingerprint density at radius 2 is 1.92 bits per heavy atom. The van der Waals surface area contributed by atoms with Crippen LogP contribution in [0.2, 0.25) is 0 Å². The molecule has 5 rings (SSSR count). The number of anilines is 1. The number of para-hydroxylation sites is 1. The van der Waals surface area contributed by atoms with Crippen LogP contribution in [0.4, 0.5) is 5.13 Å². The molecule has 0 saturated carbocycles. The van der Waals surface area contributed by atoms with E-state index in [4.69, 9.17) is 18.6 Å². The van der Waals surface area contributed by atoms with Crippen molar-refractivity contribution in [2.45, 2.75) is 19.9 Å². The van der Waals surface area contributed by atoms with Gasteiger partial charge in [-0.25, -0.2) is 4.98 Å². The van der Waals surface area contributed by atoms with Crippen LogP contribution < -0.4 is 19.1 Å². The summed E-state index contributed by atoms with van der Waals surface area (Å²) in [6, 6.07) is 11.0. The standard InChI is InChI=1S/C27H24N2O7S/c1-5-35-17-10-9-15(11-19(17)34-4)22-21(24(31)26(32)29(22)27-28-14(2)13-37-27)23(30)20-12-16-7-6-8-18(33-3)25(16)36-20/h6-13,22,31H,5H2,1-4H3. The fourth-order valence-corrected chi connectivity index (χ4v) is 5.20. The Hall–Kier alpha value is -4.31. The molecule has 0 saturated heterocycles. The van der Waals surface area contributed by atoms with E-state index in [-0.39, 0.29) is 11.3 Å². The number of methoxy groups -OCH3 is 2. The smallest absolute Gasteiger partial charge is 0.296 e. The molecule has 2 aromatic heterocycles. The van der Waals surface area contributed by atoms with Gasteiger partial charge < -0.3 is 23.7 Å². The van der Waals surface area contributed by atoms with Crippen LogP contribution in [0.5, 0.6) is 17.2 Å². The van der Waals surface area contributed by atoms with Crippen LogP contribution in [-0.4, -0.2) is 42.6 Å². The molecule has 2 aromatic carbocycles. The zero-order chi connectivity index (χ0) is 26.3. The number of hydrogen-bond acceptors (Lipinski definition) is 9. The number of fused-ring (bicyclic) bond motifs is 1. The lowest BCUT2D eigenvalue weighted by Crippen LogP contribution is -2.31. The van der Waals surface area contributed by atoms with Crippen molar-refractivity contribution in [3.8, 4) is 17.2 Å². The fraction of sp³-hybridized carbons (Fsp3) is 0.222. The molecule has 1 aliphatic rings. The molecule has 0 spiro atoms. The maximum absolute atomic E-state index is 13.9. The van der Waals surface area contributed by atoms with E-state index in [1.807, 2.05) is 6.92 Å². The molecule has 4 aromatic rings. The van der Waals surface area contributed by atoms with E-state index in [9.17, 15) is 14.7 Å². The molecule has 1 atom stereocenters. The highest BCUT2D eigenvalue weighted by atomic mass is 32.1. The average Bonchev–Trinajstić information content (AvgIpc) is 3.60. The molecule has 190 valence electrons. The number of aromatic nitrogens is 1. The second-order valence-electron chi connectivity index (χ2n) is 8.27. The van der Waals surface area contributed by atoms with E-state index in [1.54, 1.807) is 54.8 Å². The minimum atomic E-state index is -0.981. The number of ether oxygens (including phenoxy) is 3. The summed E-state index contributed by atoms with van der Waals surface area (Å²) < 4.78 is 22.3. The SMILES string of the molecule is CCOc1ccc(C2C(C(=O)c3cc4cccc(OC)c4o3)=C(O)C(=O)N2c2nc(C)cs2)cc1OC. The molecule has 1 aliphatic heterocycles. The van der Waals surface area contributed by atoms with Crippen molar-refractivity contribution < 1.29 is 33.3 Å². The molecule has 1 unspecified atom stereocenters. The van der Waals surface area contributed by atoms with Gasteiger partial charge in [-0.1, -0.05) is 18.2 Å². The molecular weight excluding hydrogens is 496 g/mol. The summed E-state index contributed by atoms with van der Waals surface area (Å²) in [5.41, 5.74) is 1.51. The Labute approximate surface area is 216 Å². The van der Waals surface area contributed by atoms with Crippen molar-refractivity contribution in [2.24, 2.45) is 0 Å². The van der Waals surface area contributed by atoms with Crippen molar-refractivity contribution >= 4 is 39.1 Å². The molecule has 37 heavy (non-hydrogen) atoms. The van der Waals surface area contributed by atoms with E-state index >= 15 is 0 Å². The number of Topliss-reactive ketones (excluding diaryl/α,β-unsaturated/α-hetero) is 1. The monoisotopic (exact) mass is 520 g/mol. The Bertz CT molecular complexity index is 1550. The van der Waals surface area contributed by atoms with Crippen LogP contribution in [0.15, 0.2) is 63.6 Å². The summed E-state index contributed by atoms with van der Waals surface area (Å²) in [4.78, 5) is 33.0. The van der Waals surface area contributed by atoms with Crippen LogP contribution in [0.1, 0.15) is 34.8 Å².